The van der Waals surface area contributed by atoms with E-state index in [1.165, 1.54) is 65.7 Å². The molecular formula is C55H43NO. The lowest BCUT2D eigenvalue weighted by molar-refractivity contribution is 0.596. The molecule has 10 aromatic rings. The molecule has 274 valence electrons. The Morgan fingerprint density at radius 3 is 1.89 bits per heavy atom. The summed E-state index contributed by atoms with van der Waals surface area (Å²) in [5, 5.41) is 9.77. The maximum absolute atomic E-state index is 6.52. The summed E-state index contributed by atoms with van der Waals surface area (Å²) in [6.07, 6.45) is 0. The van der Waals surface area contributed by atoms with Crippen LogP contribution >= 0.6 is 0 Å². The average Bonchev–Trinajstić information content (AvgIpc) is 3.72. The Bertz CT molecular complexity index is 3260. The Morgan fingerprint density at radius 2 is 1.11 bits per heavy atom. The normalized spacial score (nSPS) is 13.5. The minimum absolute atomic E-state index is 0.0271. The number of hydrogen-bond donors (Lipinski definition) is 0. The Morgan fingerprint density at radius 1 is 0.474 bits per heavy atom. The van der Waals surface area contributed by atoms with Crippen LogP contribution in [0.1, 0.15) is 51.3 Å². The van der Waals surface area contributed by atoms with Crippen LogP contribution in [0.4, 0.5) is 17.1 Å². The number of benzene rings is 9. The van der Waals surface area contributed by atoms with Crippen LogP contribution in [-0.2, 0) is 10.8 Å². The molecule has 2 heteroatoms. The van der Waals surface area contributed by atoms with E-state index >= 15 is 0 Å². The van der Waals surface area contributed by atoms with Gasteiger partial charge in [-0.3, -0.25) is 0 Å². The molecule has 1 heterocycles. The van der Waals surface area contributed by atoms with E-state index in [0.29, 0.717) is 0 Å². The number of nitrogens with zero attached hydrogens (tertiary/aromatic N) is 1. The van der Waals surface area contributed by atoms with Gasteiger partial charge in [-0.1, -0.05) is 168 Å². The topological polar surface area (TPSA) is 16.4 Å². The van der Waals surface area contributed by atoms with Gasteiger partial charge in [-0.05, 0) is 102 Å². The fourth-order valence-electron chi connectivity index (χ4n) is 10.00. The highest BCUT2D eigenvalue weighted by molar-refractivity contribution is 6.18. The number of anilines is 3. The number of furan rings is 1. The van der Waals surface area contributed by atoms with Crippen molar-refractivity contribution in [2.75, 3.05) is 4.90 Å². The molecule has 57 heavy (non-hydrogen) atoms. The van der Waals surface area contributed by atoms with Crippen molar-refractivity contribution >= 4 is 71.3 Å². The minimum atomic E-state index is -0.151. The van der Waals surface area contributed by atoms with Gasteiger partial charge in [0.2, 0.25) is 0 Å². The van der Waals surface area contributed by atoms with Crippen LogP contribution in [0.2, 0.25) is 0 Å². The molecule has 2 nitrogen and oxygen atoms in total. The van der Waals surface area contributed by atoms with Crippen LogP contribution in [-0.4, -0.2) is 0 Å². The van der Waals surface area contributed by atoms with E-state index in [4.69, 9.17) is 4.42 Å². The van der Waals surface area contributed by atoms with Crippen LogP contribution in [0.25, 0.3) is 76.5 Å². The van der Waals surface area contributed by atoms with Gasteiger partial charge in [0, 0.05) is 32.8 Å². The minimum Gasteiger partial charge on any atom is -0.456 e. The maximum Gasteiger partial charge on any atom is 0.136 e. The molecule has 0 aliphatic heterocycles. The first-order valence-electron chi connectivity index (χ1n) is 20.1. The van der Waals surface area contributed by atoms with E-state index in [-0.39, 0.29) is 10.8 Å². The molecule has 0 unspecified atom stereocenters. The largest absolute Gasteiger partial charge is 0.456 e. The van der Waals surface area contributed by atoms with Gasteiger partial charge in [0.1, 0.15) is 11.2 Å². The SMILES string of the molecule is CC(C)(C)c1ccc(N(c2ccc3c(c2)-c2ccc4ccccc4c2C3(C)C)c2ccc3ccccc3c2-c2cccc3oc4ccccc4c23)c2ccccc12. The van der Waals surface area contributed by atoms with Crippen molar-refractivity contribution in [1.82, 2.24) is 0 Å². The molecular weight excluding hydrogens is 691 g/mol. The fourth-order valence-corrected chi connectivity index (χ4v) is 10.00. The second-order valence-electron chi connectivity index (χ2n) is 17.3. The lowest BCUT2D eigenvalue weighted by atomic mass is 9.80. The van der Waals surface area contributed by atoms with Crippen molar-refractivity contribution < 1.29 is 4.42 Å². The molecule has 0 amide bonds. The van der Waals surface area contributed by atoms with E-state index in [1.54, 1.807) is 0 Å². The zero-order chi connectivity index (χ0) is 38.6. The lowest BCUT2D eigenvalue weighted by Crippen LogP contribution is -2.17. The Kier molecular flexibility index (Phi) is 7.20. The molecule has 0 fully saturated rings. The van der Waals surface area contributed by atoms with Gasteiger partial charge in [-0.25, -0.2) is 0 Å². The summed E-state index contributed by atoms with van der Waals surface area (Å²) in [4.78, 5) is 2.53. The summed E-state index contributed by atoms with van der Waals surface area (Å²) in [6, 6.07) is 62.7. The third kappa shape index (κ3) is 4.96. The highest BCUT2D eigenvalue weighted by atomic mass is 16.3. The molecule has 1 aliphatic carbocycles. The summed E-state index contributed by atoms with van der Waals surface area (Å²) in [6.45, 7) is 11.7. The van der Waals surface area contributed by atoms with Crippen LogP contribution in [0.3, 0.4) is 0 Å². The number of fused-ring (bicyclic) bond motifs is 10. The highest BCUT2D eigenvalue weighted by Gasteiger charge is 2.37. The van der Waals surface area contributed by atoms with E-state index in [2.05, 4.69) is 209 Å². The molecule has 0 saturated carbocycles. The monoisotopic (exact) mass is 733 g/mol. The fraction of sp³-hybridized carbons (Fsp3) is 0.127. The summed E-state index contributed by atoms with van der Waals surface area (Å²) in [7, 11) is 0. The second kappa shape index (κ2) is 12.2. The molecule has 1 aromatic heterocycles. The summed E-state index contributed by atoms with van der Waals surface area (Å²) in [5.74, 6) is 0. The molecule has 0 radical (unpaired) electrons. The summed E-state index contributed by atoms with van der Waals surface area (Å²) in [5.41, 5.74) is 14.1. The first-order valence-corrected chi connectivity index (χ1v) is 20.1. The average molecular weight is 734 g/mol. The lowest BCUT2D eigenvalue weighted by Gasteiger charge is -2.32. The van der Waals surface area contributed by atoms with E-state index in [9.17, 15) is 0 Å². The van der Waals surface area contributed by atoms with Crippen molar-refractivity contribution in [2.45, 2.75) is 45.4 Å². The van der Waals surface area contributed by atoms with Crippen molar-refractivity contribution in [2.24, 2.45) is 0 Å². The van der Waals surface area contributed by atoms with Crippen LogP contribution in [0, 0.1) is 0 Å². The van der Waals surface area contributed by atoms with Gasteiger partial charge in [-0.15, -0.1) is 0 Å². The van der Waals surface area contributed by atoms with Gasteiger partial charge < -0.3 is 9.32 Å². The smallest absolute Gasteiger partial charge is 0.136 e. The van der Waals surface area contributed by atoms with Crippen molar-refractivity contribution in [3.05, 3.63) is 187 Å². The summed E-state index contributed by atoms with van der Waals surface area (Å²) < 4.78 is 6.52. The zero-order valence-corrected chi connectivity index (χ0v) is 33.0. The third-order valence-electron chi connectivity index (χ3n) is 12.5. The first-order chi connectivity index (χ1) is 27.7. The molecule has 0 bridgehead atoms. The van der Waals surface area contributed by atoms with Crippen molar-refractivity contribution in [3.8, 4) is 22.3 Å². The first kappa shape index (κ1) is 33.7. The van der Waals surface area contributed by atoms with E-state index in [1.807, 2.05) is 0 Å². The standard InChI is InChI=1S/C55H43NO/c1-54(2,3)45-30-32-47(40-20-11-10-19-39(40)45)56(36-27-29-46-44(33-36)41-28-25-35-16-7-9-18-38(35)53(41)55(46,4)5)48-31-26-34-15-6-8-17-37(34)51(48)43-22-14-24-50-52(43)42-21-12-13-23-49(42)57-50/h6-33H,1-5H3. The molecule has 0 atom stereocenters. The van der Waals surface area contributed by atoms with Crippen molar-refractivity contribution in [3.63, 3.8) is 0 Å². The summed E-state index contributed by atoms with van der Waals surface area (Å²) >= 11 is 0. The second-order valence-corrected chi connectivity index (χ2v) is 17.3. The Labute approximate surface area is 333 Å². The predicted octanol–water partition coefficient (Wildman–Crippen LogP) is 15.8. The Hall–Kier alpha value is -6.64. The Balaban J connectivity index is 1.26. The van der Waals surface area contributed by atoms with E-state index < -0.39 is 0 Å². The molecule has 11 rings (SSSR count). The highest BCUT2D eigenvalue weighted by Crippen LogP contribution is 2.55. The molecule has 9 aromatic carbocycles. The predicted molar refractivity (Wildman–Crippen MR) is 243 cm³/mol. The van der Waals surface area contributed by atoms with Gasteiger partial charge in [0.05, 0.1) is 11.4 Å². The quantitative estimate of drug-likeness (QED) is 0.179. The number of rotatable bonds is 4. The van der Waals surface area contributed by atoms with Crippen LogP contribution in [0.15, 0.2) is 174 Å². The van der Waals surface area contributed by atoms with Crippen molar-refractivity contribution in [1.29, 1.82) is 0 Å². The number of hydrogen-bond acceptors (Lipinski definition) is 2. The van der Waals surface area contributed by atoms with Crippen LogP contribution < -0.4 is 4.90 Å². The van der Waals surface area contributed by atoms with E-state index in [0.717, 1.165) is 44.6 Å². The third-order valence-corrected chi connectivity index (χ3v) is 12.5. The van der Waals surface area contributed by atoms with Gasteiger partial charge in [0.15, 0.2) is 0 Å². The number of para-hydroxylation sites is 1. The van der Waals surface area contributed by atoms with Gasteiger partial charge in [-0.2, -0.15) is 0 Å². The molecule has 0 spiro atoms. The van der Waals surface area contributed by atoms with Crippen LogP contribution in [0.5, 0.6) is 0 Å². The zero-order valence-electron chi connectivity index (χ0n) is 33.0. The van der Waals surface area contributed by atoms with Gasteiger partial charge in [0.25, 0.3) is 0 Å². The molecule has 0 N–H and O–H groups in total. The molecule has 0 saturated heterocycles. The van der Waals surface area contributed by atoms with Gasteiger partial charge >= 0.3 is 0 Å². The maximum atomic E-state index is 6.52. The molecule has 1 aliphatic rings.